The lowest BCUT2D eigenvalue weighted by Crippen LogP contribution is -2.15. The van der Waals surface area contributed by atoms with Gasteiger partial charge in [0.15, 0.2) is 0 Å². The molecule has 0 aliphatic carbocycles. The second kappa shape index (κ2) is 6.09. The molecule has 0 radical (unpaired) electrons. The van der Waals surface area contributed by atoms with Gasteiger partial charge < -0.3 is 5.32 Å². The third kappa shape index (κ3) is 3.20. The van der Waals surface area contributed by atoms with Gasteiger partial charge in [-0.2, -0.15) is 0 Å². The molecule has 102 valence electrons. The van der Waals surface area contributed by atoms with Crippen LogP contribution in [0, 0.1) is 0 Å². The van der Waals surface area contributed by atoms with Gasteiger partial charge >= 0.3 is 0 Å². The number of aryl methyl sites for hydroxylation is 1. The highest BCUT2D eigenvalue weighted by Gasteiger charge is 2.11. The zero-order chi connectivity index (χ0) is 13.8. The van der Waals surface area contributed by atoms with Crippen molar-refractivity contribution in [3.63, 3.8) is 0 Å². The van der Waals surface area contributed by atoms with Crippen molar-refractivity contribution in [3.05, 3.63) is 53.7 Å². The molecule has 0 atom stereocenters. The van der Waals surface area contributed by atoms with Gasteiger partial charge in [0.05, 0.1) is 6.42 Å². The third-order valence-electron chi connectivity index (χ3n) is 3.27. The first-order chi connectivity index (χ1) is 9.81. The number of anilines is 1. The molecule has 2 aromatic rings. The predicted molar refractivity (Wildman–Crippen MR) is 82.1 cm³/mol. The van der Waals surface area contributed by atoms with E-state index in [-0.39, 0.29) is 5.91 Å². The van der Waals surface area contributed by atoms with Crippen molar-refractivity contribution in [1.29, 1.82) is 0 Å². The van der Waals surface area contributed by atoms with Gasteiger partial charge in [-0.25, -0.2) is 4.98 Å². The normalized spacial score (nSPS) is 13.6. The van der Waals surface area contributed by atoms with Crippen molar-refractivity contribution in [1.82, 2.24) is 4.98 Å². The maximum Gasteiger partial charge on any atom is 0.229 e. The first-order valence-electron chi connectivity index (χ1n) is 6.77. The number of hydrogen-bond donors (Lipinski definition) is 1. The smallest absolute Gasteiger partial charge is 0.229 e. The van der Waals surface area contributed by atoms with Crippen molar-refractivity contribution in [2.45, 2.75) is 24.2 Å². The Balaban J connectivity index is 1.67. The standard InChI is InChI=1S/C16H16N2OS/c19-16(18-15-5-1-2-8-17-15)11-12-6-7-14-13(10-12)4-3-9-20-14/h1-2,5-8,10H,3-4,9,11H2,(H,17,18,19). The Morgan fingerprint density at radius 2 is 2.25 bits per heavy atom. The zero-order valence-corrected chi connectivity index (χ0v) is 12.0. The highest BCUT2D eigenvalue weighted by atomic mass is 32.2. The van der Waals surface area contributed by atoms with E-state index in [2.05, 4.69) is 28.5 Å². The molecule has 20 heavy (non-hydrogen) atoms. The van der Waals surface area contributed by atoms with Gasteiger partial charge in [-0.05, 0) is 47.9 Å². The van der Waals surface area contributed by atoms with Crippen LogP contribution >= 0.6 is 11.8 Å². The van der Waals surface area contributed by atoms with Crippen LogP contribution in [0.4, 0.5) is 5.82 Å². The molecule has 1 N–H and O–H groups in total. The minimum Gasteiger partial charge on any atom is -0.310 e. The zero-order valence-electron chi connectivity index (χ0n) is 11.1. The first-order valence-corrected chi connectivity index (χ1v) is 7.75. The monoisotopic (exact) mass is 284 g/mol. The van der Waals surface area contributed by atoms with Crippen LogP contribution in [-0.2, 0) is 17.6 Å². The lowest BCUT2D eigenvalue weighted by Gasteiger charge is -2.16. The largest absolute Gasteiger partial charge is 0.310 e. The molecule has 0 unspecified atom stereocenters. The molecule has 1 aliphatic rings. The first kappa shape index (κ1) is 13.2. The molecule has 4 heteroatoms. The van der Waals surface area contributed by atoms with E-state index in [1.165, 1.54) is 22.6 Å². The number of benzene rings is 1. The molecular formula is C16H16N2OS. The molecule has 1 aromatic carbocycles. The quantitative estimate of drug-likeness (QED) is 0.940. The van der Waals surface area contributed by atoms with Crippen LogP contribution in [0.5, 0.6) is 0 Å². The maximum absolute atomic E-state index is 12.0. The number of hydrogen-bond acceptors (Lipinski definition) is 3. The molecular weight excluding hydrogens is 268 g/mol. The molecule has 2 heterocycles. The van der Waals surface area contributed by atoms with Crippen LogP contribution in [0.15, 0.2) is 47.5 Å². The molecule has 0 saturated heterocycles. The molecule has 0 saturated carbocycles. The molecule has 1 aromatic heterocycles. The highest BCUT2D eigenvalue weighted by Crippen LogP contribution is 2.30. The van der Waals surface area contributed by atoms with E-state index in [9.17, 15) is 4.79 Å². The number of amides is 1. The second-order valence-electron chi connectivity index (χ2n) is 4.83. The number of nitrogens with one attached hydrogen (secondary N) is 1. The summed E-state index contributed by atoms with van der Waals surface area (Å²) < 4.78 is 0. The Morgan fingerprint density at radius 1 is 1.30 bits per heavy atom. The number of pyridine rings is 1. The summed E-state index contributed by atoms with van der Waals surface area (Å²) in [6, 6.07) is 11.8. The van der Waals surface area contributed by atoms with Gasteiger partial charge in [0.25, 0.3) is 0 Å². The van der Waals surface area contributed by atoms with E-state index >= 15 is 0 Å². The Bertz CT molecular complexity index is 613. The van der Waals surface area contributed by atoms with Crippen molar-refractivity contribution < 1.29 is 4.79 Å². The molecule has 0 spiro atoms. The molecule has 0 fully saturated rings. The number of rotatable bonds is 3. The van der Waals surface area contributed by atoms with Gasteiger partial charge in [0.1, 0.15) is 5.82 Å². The third-order valence-corrected chi connectivity index (χ3v) is 4.47. The summed E-state index contributed by atoms with van der Waals surface area (Å²) in [4.78, 5) is 17.5. The van der Waals surface area contributed by atoms with Crippen molar-refractivity contribution in [2.24, 2.45) is 0 Å². The summed E-state index contributed by atoms with van der Waals surface area (Å²) in [5, 5.41) is 2.82. The van der Waals surface area contributed by atoms with Gasteiger partial charge in [0, 0.05) is 11.1 Å². The number of carbonyl (C=O) groups is 1. The lowest BCUT2D eigenvalue weighted by atomic mass is 10.0. The van der Waals surface area contributed by atoms with Crippen LogP contribution in [0.3, 0.4) is 0 Å². The molecule has 1 amide bonds. The Morgan fingerprint density at radius 3 is 3.10 bits per heavy atom. The molecule has 3 rings (SSSR count). The van der Waals surface area contributed by atoms with Crippen molar-refractivity contribution >= 4 is 23.5 Å². The van der Waals surface area contributed by atoms with E-state index < -0.39 is 0 Å². The van der Waals surface area contributed by atoms with Crippen LogP contribution in [-0.4, -0.2) is 16.6 Å². The average Bonchev–Trinajstić information content (AvgIpc) is 2.48. The number of fused-ring (bicyclic) bond motifs is 1. The summed E-state index contributed by atoms with van der Waals surface area (Å²) >= 11 is 1.91. The number of carbonyl (C=O) groups excluding carboxylic acids is 1. The second-order valence-corrected chi connectivity index (χ2v) is 5.97. The Kier molecular flexibility index (Phi) is 4.02. The number of aromatic nitrogens is 1. The van der Waals surface area contributed by atoms with Crippen molar-refractivity contribution in [3.8, 4) is 0 Å². The van der Waals surface area contributed by atoms with Gasteiger partial charge in [-0.1, -0.05) is 18.2 Å². The van der Waals surface area contributed by atoms with E-state index in [1.54, 1.807) is 12.3 Å². The fraction of sp³-hybridized carbons (Fsp3) is 0.250. The maximum atomic E-state index is 12.0. The summed E-state index contributed by atoms with van der Waals surface area (Å²) in [6.45, 7) is 0. The molecule has 0 bridgehead atoms. The number of thioether (sulfide) groups is 1. The summed E-state index contributed by atoms with van der Waals surface area (Å²) in [5.74, 6) is 1.78. The predicted octanol–water partition coefficient (Wildman–Crippen LogP) is 3.30. The van der Waals surface area contributed by atoms with Crippen LogP contribution in [0.1, 0.15) is 17.5 Å². The average molecular weight is 284 g/mol. The molecule has 1 aliphatic heterocycles. The Labute approximate surface area is 122 Å². The van der Waals surface area contributed by atoms with Crippen LogP contribution < -0.4 is 5.32 Å². The minimum absolute atomic E-state index is 0.0212. The van der Waals surface area contributed by atoms with Crippen molar-refractivity contribution in [2.75, 3.05) is 11.1 Å². The van der Waals surface area contributed by atoms with Crippen LogP contribution in [0.2, 0.25) is 0 Å². The fourth-order valence-corrected chi connectivity index (χ4v) is 3.35. The summed E-state index contributed by atoms with van der Waals surface area (Å²) in [7, 11) is 0. The minimum atomic E-state index is -0.0212. The SMILES string of the molecule is O=C(Cc1ccc2c(c1)CCCS2)Nc1ccccn1. The fourth-order valence-electron chi connectivity index (χ4n) is 2.33. The van der Waals surface area contributed by atoms with Gasteiger partial charge in [-0.15, -0.1) is 11.8 Å². The van der Waals surface area contributed by atoms with E-state index in [0.29, 0.717) is 12.2 Å². The lowest BCUT2D eigenvalue weighted by molar-refractivity contribution is -0.115. The Hall–Kier alpha value is -1.81. The summed E-state index contributed by atoms with van der Waals surface area (Å²) in [6.07, 6.45) is 4.42. The highest BCUT2D eigenvalue weighted by molar-refractivity contribution is 7.99. The van der Waals surface area contributed by atoms with Gasteiger partial charge in [0.2, 0.25) is 5.91 Å². The van der Waals surface area contributed by atoms with Gasteiger partial charge in [-0.3, -0.25) is 4.79 Å². The van der Waals surface area contributed by atoms with E-state index in [0.717, 1.165) is 12.0 Å². The number of nitrogens with zero attached hydrogens (tertiary/aromatic N) is 1. The topological polar surface area (TPSA) is 42.0 Å². The van der Waals surface area contributed by atoms with E-state index in [1.807, 2.05) is 23.9 Å². The molecule has 3 nitrogen and oxygen atoms in total. The van der Waals surface area contributed by atoms with Crippen LogP contribution in [0.25, 0.3) is 0 Å². The van der Waals surface area contributed by atoms with E-state index in [4.69, 9.17) is 0 Å². The summed E-state index contributed by atoms with van der Waals surface area (Å²) in [5.41, 5.74) is 2.45.